The first-order chi connectivity index (χ1) is 16.2. The summed E-state index contributed by atoms with van der Waals surface area (Å²) in [6, 6.07) is 13.3. The first kappa shape index (κ1) is 25.7. The van der Waals surface area contributed by atoms with Gasteiger partial charge in [0.05, 0.1) is 22.7 Å². The van der Waals surface area contributed by atoms with E-state index in [4.69, 9.17) is 27.9 Å². The molecule has 9 heteroatoms. The number of thioether (sulfide) groups is 1. The highest BCUT2D eigenvalue weighted by atomic mass is 35.5. The van der Waals surface area contributed by atoms with Gasteiger partial charge < -0.3 is 4.74 Å². The molecule has 0 spiro atoms. The Hall–Kier alpha value is -2.92. The SMILES string of the molecule is COc1ccc(/C=C/C(=O)c2ccc(Cl)c(Cl)c2)cc1CSc1nc(C(F)F)cc(C)c1C#N. The van der Waals surface area contributed by atoms with E-state index in [2.05, 4.69) is 4.98 Å². The highest BCUT2D eigenvalue weighted by Gasteiger charge is 2.17. The van der Waals surface area contributed by atoms with E-state index in [1.54, 1.807) is 37.3 Å². The molecule has 0 aliphatic carbocycles. The third-order valence-electron chi connectivity index (χ3n) is 4.84. The Bertz CT molecular complexity index is 1310. The number of nitriles is 1. The van der Waals surface area contributed by atoms with Crippen molar-refractivity contribution in [1.29, 1.82) is 5.26 Å². The third kappa shape index (κ3) is 6.15. The first-order valence-electron chi connectivity index (χ1n) is 9.90. The Kier molecular flexibility index (Phi) is 8.67. The zero-order valence-corrected chi connectivity index (χ0v) is 20.4. The van der Waals surface area contributed by atoms with Crippen LogP contribution in [0.2, 0.25) is 10.0 Å². The Labute approximate surface area is 210 Å². The predicted octanol–water partition coefficient (Wildman–Crippen LogP) is 7.70. The average Bonchev–Trinajstić information content (AvgIpc) is 2.82. The summed E-state index contributed by atoms with van der Waals surface area (Å²) in [6.07, 6.45) is 0.337. The summed E-state index contributed by atoms with van der Waals surface area (Å²) in [7, 11) is 1.52. The molecule has 0 saturated heterocycles. The number of hydrogen-bond donors (Lipinski definition) is 0. The number of carbonyl (C=O) groups is 1. The smallest absolute Gasteiger partial charge is 0.280 e. The summed E-state index contributed by atoms with van der Waals surface area (Å²) in [5, 5.41) is 10.3. The average molecular weight is 519 g/mol. The van der Waals surface area contributed by atoms with Crippen LogP contribution in [0.1, 0.15) is 44.7 Å². The van der Waals surface area contributed by atoms with Gasteiger partial charge in [-0.3, -0.25) is 4.79 Å². The molecule has 0 aliphatic heterocycles. The lowest BCUT2D eigenvalue weighted by Crippen LogP contribution is -1.99. The van der Waals surface area contributed by atoms with Gasteiger partial charge in [-0.15, -0.1) is 11.8 Å². The van der Waals surface area contributed by atoms with Crippen LogP contribution in [0.25, 0.3) is 6.08 Å². The third-order valence-corrected chi connectivity index (χ3v) is 6.60. The molecule has 0 saturated carbocycles. The van der Waals surface area contributed by atoms with Gasteiger partial charge in [0.2, 0.25) is 0 Å². The van der Waals surface area contributed by atoms with Crippen molar-refractivity contribution in [2.45, 2.75) is 24.1 Å². The molecule has 0 amide bonds. The second-order valence-electron chi connectivity index (χ2n) is 7.14. The number of rotatable bonds is 8. The first-order valence-corrected chi connectivity index (χ1v) is 11.6. The van der Waals surface area contributed by atoms with Gasteiger partial charge in [0, 0.05) is 16.9 Å². The minimum Gasteiger partial charge on any atom is -0.496 e. The molecule has 1 heterocycles. The maximum atomic E-state index is 13.2. The summed E-state index contributed by atoms with van der Waals surface area (Å²) in [5.74, 6) is 0.660. The maximum absolute atomic E-state index is 13.2. The fourth-order valence-corrected chi connectivity index (χ4v) is 4.44. The number of carbonyl (C=O) groups excluding carboxylic acids is 1. The number of aromatic nitrogens is 1. The number of ketones is 1. The standard InChI is InChI=1S/C25H18Cl2F2N2O2S/c1-14-9-21(24(28)29)31-25(18(14)12-30)34-13-17-10-15(4-8-23(17)33-2)3-7-22(32)16-5-6-19(26)20(27)11-16/h3-11,24H,13H2,1-2H3/b7-3+. The number of allylic oxidation sites excluding steroid dienone is 1. The van der Waals surface area contributed by atoms with Crippen LogP contribution in [0.3, 0.4) is 0 Å². The van der Waals surface area contributed by atoms with Crippen molar-refractivity contribution in [3.8, 4) is 11.8 Å². The minimum atomic E-state index is -2.73. The zero-order chi connectivity index (χ0) is 24.8. The second kappa shape index (κ2) is 11.5. The van der Waals surface area contributed by atoms with Gasteiger partial charge in [-0.1, -0.05) is 35.3 Å². The van der Waals surface area contributed by atoms with E-state index >= 15 is 0 Å². The number of aryl methyl sites for hydroxylation is 1. The van der Waals surface area contributed by atoms with Gasteiger partial charge in [-0.2, -0.15) is 5.26 Å². The van der Waals surface area contributed by atoms with Crippen LogP contribution in [0.15, 0.2) is 53.6 Å². The molecule has 0 bridgehead atoms. The Balaban J connectivity index is 1.84. The van der Waals surface area contributed by atoms with Crippen LogP contribution in [0.4, 0.5) is 8.78 Å². The molecule has 2 aromatic carbocycles. The van der Waals surface area contributed by atoms with Crippen LogP contribution in [-0.2, 0) is 5.75 Å². The van der Waals surface area contributed by atoms with E-state index in [1.807, 2.05) is 12.1 Å². The topological polar surface area (TPSA) is 63.0 Å². The summed E-state index contributed by atoms with van der Waals surface area (Å²) >= 11 is 13.0. The minimum absolute atomic E-state index is 0.232. The summed E-state index contributed by atoms with van der Waals surface area (Å²) in [5.41, 5.74) is 2.22. The number of halogens is 4. The van der Waals surface area contributed by atoms with Crippen molar-refractivity contribution in [3.63, 3.8) is 0 Å². The quantitative estimate of drug-likeness (QED) is 0.173. The zero-order valence-electron chi connectivity index (χ0n) is 18.1. The number of alkyl halides is 2. The second-order valence-corrected chi connectivity index (χ2v) is 8.92. The predicted molar refractivity (Wildman–Crippen MR) is 131 cm³/mol. The van der Waals surface area contributed by atoms with Crippen molar-refractivity contribution < 1.29 is 18.3 Å². The Morgan fingerprint density at radius 3 is 2.62 bits per heavy atom. The van der Waals surface area contributed by atoms with Crippen molar-refractivity contribution in [2.24, 2.45) is 0 Å². The molecule has 0 N–H and O–H groups in total. The van der Waals surface area contributed by atoms with Crippen LogP contribution in [-0.4, -0.2) is 17.9 Å². The summed E-state index contributed by atoms with van der Waals surface area (Å²) in [4.78, 5) is 16.4. The fourth-order valence-electron chi connectivity index (χ4n) is 3.10. The number of hydrogen-bond acceptors (Lipinski definition) is 5. The molecular formula is C25H18Cl2F2N2O2S. The Morgan fingerprint density at radius 2 is 1.97 bits per heavy atom. The molecule has 174 valence electrons. The van der Waals surface area contributed by atoms with E-state index < -0.39 is 6.43 Å². The van der Waals surface area contributed by atoms with Gasteiger partial charge in [-0.25, -0.2) is 13.8 Å². The van der Waals surface area contributed by atoms with Gasteiger partial charge in [-0.05, 0) is 60.5 Å². The number of pyridine rings is 1. The molecule has 0 atom stereocenters. The Morgan fingerprint density at radius 1 is 1.21 bits per heavy atom. The number of benzene rings is 2. The summed E-state index contributed by atoms with van der Waals surface area (Å²) in [6.45, 7) is 1.60. The van der Waals surface area contributed by atoms with Crippen LogP contribution < -0.4 is 4.74 Å². The highest BCUT2D eigenvalue weighted by Crippen LogP contribution is 2.33. The van der Waals surface area contributed by atoms with Gasteiger partial charge in [0.25, 0.3) is 6.43 Å². The molecule has 1 aromatic heterocycles. The molecule has 0 unspecified atom stereocenters. The lowest BCUT2D eigenvalue weighted by atomic mass is 10.1. The lowest BCUT2D eigenvalue weighted by molar-refractivity contribution is 0.104. The molecule has 4 nitrogen and oxygen atoms in total. The van der Waals surface area contributed by atoms with Gasteiger partial charge in [0.15, 0.2) is 5.78 Å². The molecule has 0 radical (unpaired) electrons. The van der Waals surface area contributed by atoms with E-state index in [0.717, 1.165) is 11.1 Å². The molecule has 0 aliphatic rings. The van der Waals surface area contributed by atoms with E-state index in [1.165, 1.54) is 37.1 Å². The van der Waals surface area contributed by atoms with Crippen molar-refractivity contribution in [1.82, 2.24) is 4.98 Å². The monoisotopic (exact) mass is 518 g/mol. The highest BCUT2D eigenvalue weighted by molar-refractivity contribution is 7.98. The molecule has 3 rings (SSSR count). The van der Waals surface area contributed by atoms with Gasteiger partial charge in [0.1, 0.15) is 22.5 Å². The molecule has 3 aromatic rings. The lowest BCUT2D eigenvalue weighted by Gasteiger charge is -2.12. The number of methoxy groups -OCH3 is 1. The van der Waals surface area contributed by atoms with Crippen LogP contribution in [0.5, 0.6) is 5.75 Å². The largest absolute Gasteiger partial charge is 0.496 e. The van der Waals surface area contributed by atoms with Crippen LogP contribution in [0, 0.1) is 18.3 Å². The fraction of sp³-hybridized carbons (Fsp3) is 0.160. The van der Waals surface area contributed by atoms with E-state index in [9.17, 15) is 18.8 Å². The van der Waals surface area contributed by atoms with E-state index in [-0.39, 0.29) is 22.1 Å². The van der Waals surface area contributed by atoms with Crippen LogP contribution >= 0.6 is 35.0 Å². The van der Waals surface area contributed by atoms with Crippen molar-refractivity contribution in [3.05, 3.63) is 92.1 Å². The van der Waals surface area contributed by atoms with E-state index in [0.29, 0.717) is 32.7 Å². The normalized spacial score (nSPS) is 11.1. The molecule has 34 heavy (non-hydrogen) atoms. The summed E-state index contributed by atoms with van der Waals surface area (Å²) < 4.78 is 31.8. The molecule has 0 fully saturated rings. The van der Waals surface area contributed by atoms with Gasteiger partial charge >= 0.3 is 0 Å². The van der Waals surface area contributed by atoms with Crippen molar-refractivity contribution >= 4 is 46.8 Å². The molecular weight excluding hydrogens is 501 g/mol. The number of nitrogens with zero attached hydrogens (tertiary/aromatic N) is 2. The van der Waals surface area contributed by atoms with Crippen molar-refractivity contribution in [2.75, 3.05) is 7.11 Å². The number of ether oxygens (including phenoxy) is 1. The maximum Gasteiger partial charge on any atom is 0.280 e.